The van der Waals surface area contributed by atoms with Crippen LogP contribution in [0.4, 0.5) is 0 Å². The van der Waals surface area contributed by atoms with Gasteiger partial charge in [-0.15, -0.1) is 10.2 Å². The van der Waals surface area contributed by atoms with E-state index in [9.17, 15) is 0 Å². The van der Waals surface area contributed by atoms with E-state index in [0.29, 0.717) is 0 Å². The zero-order valence-electron chi connectivity index (χ0n) is 9.24. The predicted octanol–water partition coefficient (Wildman–Crippen LogP) is 0.758. The van der Waals surface area contributed by atoms with Gasteiger partial charge in [0.15, 0.2) is 0 Å². The summed E-state index contributed by atoms with van der Waals surface area (Å²) < 4.78 is 2.33. The molecule has 0 atom stereocenters. The molecule has 0 unspecified atom stereocenters. The van der Waals surface area contributed by atoms with E-state index in [-0.39, 0.29) is 0 Å². The lowest BCUT2D eigenvalue weighted by Gasteiger charge is -2.26. The number of rotatable bonds is 4. The maximum Gasteiger partial charge on any atom is 0.133 e. The van der Waals surface area contributed by atoms with E-state index < -0.39 is 0 Å². The lowest BCUT2D eigenvalue weighted by Crippen LogP contribution is -2.43. The number of aryl methyl sites for hydroxylation is 1. The van der Waals surface area contributed by atoms with E-state index in [1.165, 1.54) is 18.7 Å². The molecule has 0 amide bonds. The fraction of sp³-hybridized carbons (Fsp3) is 0.818. The number of nitrogens with zero attached hydrogens (tertiary/aromatic N) is 3. The molecule has 1 aromatic heterocycles. The zero-order chi connectivity index (χ0) is 10.3. The van der Waals surface area contributed by atoms with Crippen LogP contribution in [0, 0.1) is 18.8 Å². The Morgan fingerprint density at radius 2 is 2.07 bits per heavy atom. The summed E-state index contributed by atoms with van der Waals surface area (Å²) in [5.41, 5.74) is 0. The first-order chi connectivity index (χ1) is 7.33. The van der Waals surface area contributed by atoms with Crippen LogP contribution in [0.15, 0.2) is 0 Å². The second kappa shape index (κ2) is 3.59. The van der Waals surface area contributed by atoms with Gasteiger partial charge in [0.1, 0.15) is 11.6 Å². The Labute approximate surface area is 90.1 Å². The van der Waals surface area contributed by atoms with Crippen molar-refractivity contribution < 1.29 is 0 Å². The molecule has 1 N–H and O–H groups in total. The maximum absolute atomic E-state index is 4.30. The van der Waals surface area contributed by atoms with Gasteiger partial charge in [-0.05, 0) is 44.7 Å². The van der Waals surface area contributed by atoms with Crippen LogP contribution < -0.4 is 5.32 Å². The van der Waals surface area contributed by atoms with Gasteiger partial charge in [-0.1, -0.05) is 0 Å². The average molecular weight is 206 g/mol. The summed E-state index contributed by atoms with van der Waals surface area (Å²) in [5.74, 6) is 3.97. The van der Waals surface area contributed by atoms with Crippen LogP contribution in [0.3, 0.4) is 0 Å². The standard InChI is InChI=1S/C11H18N4/c1-8-13-14-11(4-10-5-12-6-10)15(8)7-9-2-3-9/h9-10,12H,2-7H2,1H3. The molecule has 1 saturated heterocycles. The number of nitrogens with one attached hydrogen (secondary N) is 1. The van der Waals surface area contributed by atoms with Gasteiger partial charge in [-0.25, -0.2) is 0 Å². The summed E-state index contributed by atoms with van der Waals surface area (Å²) in [7, 11) is 0. The molecule has 3 rings (SSSR count). The summed E-state index contributed by atoms with van der Waals surface area (Å²) in [6, 6.07) is 0. The van der Waals surface area contributed by atoms with Gasteiger partial charge in [0, 0.05) is 13.0 Å². The van der Waals surface area contributed by atoms with Crippen molar-refractivity contribution in [3.63, 3.8) is 0 Å². The molecule has 2 heterocycles. The molecule has 0 spiro atoms. The molecule has 4 nitrogen and oxygen atoms in total. The van der Waals surface area contributed by atoms with E-state index in [2.05, 4.69) is 27.0 Å². The van der Waals surface area contributed by atoms with Crippen molar-refractivity contribution in [2.75, 3.05) is 13.1 Å². The summed E-state index contributed by atoms with van der Waals surface area (Å²) in [5, 5.41) is 11.8. The van der Waals surface area contributed by atoms with Gasteiger partial charge in [0.25, 0.3) is 0 Å². The monoisotopic (exact) mass is 206 g/mol. The molecule has 0 aromatic carbocycles. The highest BCUT2D eigenvalue weighted by Crippen LogP contribution is 2.31. The zero-order valence-corrected chi connectivity index (χ0v) is 9.24. The molecular formula is C11H18N4. The molecule has 2 aliphatic rings. The van der Waals surface area contributed by atoms with E-state index in [1.54, 1.807) is 0 Å². The normalized spacial score (nSPS) is 21.7. The molecule has 1 aliphatic heterocycles. The summed E-state index contributed by atoms with van der Waals surface area (Å²) >= 11 is 0. The number of aromatic nitrogens is 3. The molecule has 4 heteroatoms. The summed E-state index contributed by atoms with van der Waals surface area (Å²) in [6.45, 7) is 5.51. The minimum Gasteiger partial charge on any atom is -0.316 e. The quantitative estimate of drug-likeness (QED) is 0.791. The van der Waals surface area contributed by atoms with Gasteiger partial charge >= 0.3 is 0 Å². The van der Waals surface area contributed by atoms with Gasteiger partial charge in [0.05, 0.1) is 0 Å². The molecule has 1 saturated carbocycles. The lowest BCUT2D eigenvalue weighted by molar-refractivity contribution is 0.335. The van der Waals surface area contributed by atoms with Crippen LogP contribution in [0.2, 0.25) is 0 Å². The Hall–Kier alpha value is -0.900. The topological polar surface area (TPSA) is 42.7 Å². The fourth-order valence-corrected chi connectivity index (χ4v) is 2.12. The van der Waals surface area contributed by atoms with Gasteiger partial charge in [-0.2, -0.15) is 0 Å². The van der Waals surface area contributed by atoms with Crippen molar-refractivity contribution in [1.82, 2.24) is 20.1 Å². The van der Waals surface area contributed by atoms with Crippen LogP contribution in [0.25, 0.3) is 0 Å². The van der Waals surface area contributed by atoms with Crippen molar-refractivity contribution in [3.8, 4) is 0 Å². The second-order valence-corrected chi connectivity index (χ2v) is 4.95. The highest BCUT2D eigenvalue weighted by Gasteiger charge is 2.26. The van der Waals surface area contributed by atoms with Gasteiger partial charge < -0.3 is 9.88 Å². The highest BCUT2D eigenvalue weighted by atomic mass is 15.3. The van der Waals surface area contributed by atoms with E-state index >= 15 is 0 Å². The lowest BCUT2D eigenvalue weighted by atomic mass is 9.99. The van der Waals surface area contributed by atoms with E-state index in [1.807, 2.05) is 0 Å². The van der Waals surface area contributed by atoms with Crippen molar-refractivity contribution in [3.05, 3.63) is 11.6 Å². The third-order valence-electron chi connectivity index (χ3n) is 3.49. The Bertz CT molecular complexity index is 349. The van der Waals surface area contributed by atoms with Gasteiger partial charge in [-0.3, -0.25) is 0 Å². The summed E-state index contributed by atoms with van der Waals surface area (Å²) in [4.78, 5) is 0. The Balaban J connectivity index is 1.73. The molecule has 15 heavy (non-hydrogen) atoms. The van der Waals surface area contributed by atoms with Crippen LogP contribution in [0.1, 0.15) is 24.5 Å². The minimum atomic E-state index is 0.784. The first-order valence-corrected chi connectivity index (χ1v) is 5.92. The number of hydrogen-bond acceptors (Lipinski definition) is 3. The average Bonchev–Trinajstić information content (AvgIpc) is 2.89. The fourth-order valence-electron chi connectivity index (χ4n) is 2.12. The molecule has 1 aromatic rings. The predicted molar refractivity (Wildman–Crippen MR) is 57.5 cm³/mol. The first-order valence-electron chi connectivity index (χ1n) is 5.92. The van der Waals surface area contributed by atoms with Crippen LogP contribution >= 0.6 is 0 Å². The maximum atomic E-state index is 4.30. The Morgan fingerprint density at radius 1 is 1.27 bits per heavy atom. The third kappa shape index (κ3) is 1.91. The van der Waals surface area contributed by atoms with E-state index in [4.69, 9.17) is 0 Å². The molecule has 0 bridgehead atoms. The SMILES string of the molecule is Cc1nnc(CC2CNC2)n1CC1CC1. The Kier molecular flexibility index (Phi) is 2.24. The second-order valence-electron chi connectivity index (χ2n) is 4.95. The smallest absolute Gasteiger partial charge is 0.133 e. The highest BCUT2D eigenvalue weighted by molar-refractivity contribution is 4.99. The number of hydrogen-bond donors (Lipinski definition) is 1. The minimum absolute atomic E-state index is 0.784. The molecule has 82 valence electrons. The van der Waals surface area contributed by atoms with Crippen LogP contribution in [-0.4, -0.2) is 27.9 Å². The van der Waals surface area contributed by atoms with Crippen LogP contribution in [-0.2, 0) is 13.0 Å². The Morgan fingerprint density at radius 3 is 2.67 bits per heavy atom. The van der Waals surface area contributed by atoms with E-state index in [0.717, 1.165) is 43.7 Å². The first kappa shape index (κ1) is 9.33. The van der Waals surface area contributed by atoms with Crippen LogP contribution in [0.5, 0.6) is 0 Å². The summed E-state index contributed by atoms with van der Waals surface area (Å²) in [6.07, 6.45) is 3.88. The van der Waals surface area contributed by atoms with Crippen molar-refractivity contribution >= 4 is 0 Å². The molecule has 1 aliphatic carbocycles. The largest absolute Gasteiger partial charge is 0.316 e. The molecular weight excluding hydrogens is 188 g/mol. The van der Waals surface area contributed by atoms with Gasteiger partial charge in [0.2, 0.25) is 0 Å². The third-order valence-corrected chi connectivity index (χ3v) is 3.49. The van der Waals surface area contributed by atoms with Crippen molar-refractivity contribution in [2.24, 2.45) is 11.8 Å². The van der Waals surface area contributed by atoms with Crippen molar-refractivity contribution in [1.29, 1.82) is 0 Å². The van der Waals surface area contributed by atoms with Crippen molar-refractivity contribution in [2.45, 2.75) is 32.7 Å². The molecule has 0 radical (unpaired) electrons. The molecule has 2 fully saturated rings.